The number of nitrogens with zero attached hydrogens (tertiary/aromatic N) is 1. The van der Waals surface area contributed by atoms with Crippen LogP contribution in [-0.2, 0) is 13.1 Å². The molecule has 3 nitrogen and oxygen atoms in total. The molecule has 0 aliphatic carbocycles. The van der Waals surface area contributed by atoms with Gasteiger partial charge < -0.3 is 9.73 Å². The van der Waals surface area contributed by atoms with Crippen molar-refractivity contribution in [2.24, 2.45) is 5.92 Å². The molecular weight excluding hydrogens is 248 g/mol. The highest BCUT2D eigenvalue weighted by Gasteiger charge is 2.11. The number of hydrogen-bond donors (Lipinski definition) is 1. The molecule has 0 unspecified atom stereocenters. The van der Waals surface area contributed by atoms with E-state index in [4.69, 9.17) is 4.42 Å². The second-order valence-electron chi connectivity index (χ2n) is 6.10. The Morgan fingerprint density at radius 1 is 1.20 bits per heavy atom. The van der Waals surface area contributed by atoms with Crippen LogP contribution in [0.2, 0.25) is 0 Å². The summed E-state index contributed by atoms with van der Waals surface area (Å²) < 4.78 is 5.91. The molecule has 1 N–H and O–H groups in total. The third-order valence-corrected chi connectivity index (χ3v) is 3.40. The van der Waals surface area contributed by atoms with Gasteiger partial charge in [-0.2, -0.15) is 0 Å². The lowest BCUT2D eigenvalue weighted by molar-refractivity contribution is 0.243. The van der Waals surface area contributed by atoms with Gasteiger partial charge in [0.15, 0.2) is 0 Å². The smallest absolute Gasteiger partial charge is 0.118 e. The van der Waals surface area contributed by atoms with Gasteiger partial charge in [0.2, 0.25) is 0 Å². The van der Waals surface area contributed by atoms with E-state index in [0.29, 0.717) is 5.92 Å². The van der Waals surface area contributed by atoms with Crippen molar-refractivity contribution in [3.05, 3.63) is 23.2 Å². The molecule has 0 aliphatic heterocycles. The van der Waals surface area contributed by atoms with Gasteiger partial charge in [-0.05, 0) is 51.4 Å². The molecule has 0 fully saturated rings. The Bertz CT molecular complexity index is 365. The van der Waals surface area contributed by atoms with Crippen molar-refractivity contribution >= 4 is 0 Å². The zero-order chi connectivity index (χ0) is 15.0. The minimum atomic E-state index is 0.686. The van der Waals surface area contributed by atoms with E-state index < -0.39 is 0 Å². The molecule has 0 aliphatic rings. The summed E-state index contributed by atoms with van der Waals surface area (Å²) in [5.41, 5.74) is 1.30. The fourth-order valence-electron chi connectivity index (χ4n) is 2.46. The van der Waals surface area contributed by atoms with Crippen molar-refractivity contribution in [3.63, 3.8) is 0 Å². The number of aryl methyl sites for hydroxylation is 1. The van der Waals surface area contributed by atoms with Crippen LogP contribution in [0, 0.1) is 12.8 Å². The first-order chi connectivity index (χ1) is 9.56. The van der Waals surface area contributed by atoms with Crippen molar-refractivity contribution in [3.8, 4) is 0 Å². The summed E-state index contributed by atoms with van der Waals surface area (Å²) in [6.07, 6.45) is 2.39. The van der Waals surface area contributed by atoms with Crippen LogP contribution >= 0.6 is 0 Å². The van der Waals surface area contributed by atoms with Crippen molar-refractivity contribution in [2.75, 3.05) is 19.6 Å². The lowest BCUT2D eigenvalue weighted by atomic mass is 10.2. The molecule has 0 spiro atoms. The first kappa shape index (κ1) is 17.3. The van der Waals surface area contributed by atoms with Crippen LogP contribution in [0.1, 0.15) is 57.6 Å². The Morgan fingerprint density at radius 2 is 1.85 bits per heavy atom. The lowest BCUT2D eigenvalue weighted by Crippen LogP contribution is -2.24. The topological polar surface area (TPSA) is 28.4 Å². The van der Waals surface area contributed by atoms with E-state index in [0.717, 1.165) is 44.2 Å². The van der Waals surface area contributed by atoms with E-state index in [1.807, 2.05) is 0 Å². The fourth-order valence-corrected chi connectivity index (χ4v) is 2.46. The molecule has 0 bridgehead atoms. The zero-order valence-electron chi connectivity index (χ0n) is 14.0. The van der Waals surface area contributed by atoms with Crippen LogP contribution in [0.3, 0.4) is 0 Å². The Labute approximate surface area is 124 Å². The molecule has 116 valence electrons. The first-order valence-corrected chi connectivity index (χ1v) is 8.08. The maximum atomic E-state index is 5.91. The van der Waals surface area contributed by atoms with E-state index in [1.165, 1.54) is 18.4 Å². The van der Waals surface area contributed by atoms with Gasteiger partial charge in [0.05, 0.1) is 6.54 Å². The van der Waals surface area contributed by atoms with Gasteiger partial charge in [0.1, 0.15) is 11.5 Å². The monoisotopic (exact) mass is 280 g/mol. The third kappa shape index (κ3) is 6.10. The Balaban J connectivity index is 2.54. The van der Waals surface area contributed by atoms with E-state index in [9.17, 15) is 0 Å². The molecule has 0 amide bonds. The van der Waals surface area contributed by atoms with Gasteiger partial charge in [-0.15, -0.1) is 0 Å². The van der Waals surface area contributed by atoms with Crippen LogP contribution in [-0.4, -0.2) is 24.5 Å². The lowest BCUT2D eigenvalue weighted by Gasteiger charge is -2.19. The van der Waals surface area contributed by atoms with Crippen LogP contribution in [0.5, 0.6) is 0 Å². The van der Waals surface area contributed by atoms with Gasteiger partial charge in [-0.25, -0.2) is 0 Å². The Morgan fingerprint density at radius 3 is 2.40 bits per heavy atom. The quantitative estimate of drug-likeness (QED) is 0.703. The van der Waals surface area contributed by atoms with E-state index in [-0.39, 0.29) is 0 Å². The summed E-state index contributed by atoms with van der Waals surface area (Å²) in [5.74, 6) is 2.85. The van der Waals surface area contributed by atoms with Crippen molar-refractivity contribution in [1.29, 1.82) is 0 Å². The van der Waals surface area contributed by atoms with E-state index in [2.05, 4.69) is 50.9 Å². The van der Waals surface area contributed by atoms with Crippen LogP contribution < -0.4 is 5.32 Å². The van der Waals surface area contributed by atoms with Crippen LogP contribution in [0.4, 0.5) is 0 Å². The summed E-state index contributed by atoms with van der Waals surface area (Å²) in [7, 11) is 0. The van der Waals surface area contributed by atoms with Crippen LogP contribution in [0.15, 0.2) is 10.5 Å². The Kier molecular flexibility index (Phi) is 7.93. The highest BCUT2D eigenvalue weighted by Crippen LogP contribution is 2.16. The van der Waals surface area contributed by atoms with Gasteiger partial charge in [-0.1, -0.05) is 27.7 Å². The van der Waals surface area contributed by atoms with E-state index in [1.54, 1.807) is 0 Å². The number of furan rings is 1. The summed E-state index contributed by atoms with van der Waals surface area (Å²) >= 11 is 0. The molecule has 3 heteroatoms. The molecule has 1 aromatic heterocycles. The number of rotatable bonds is 10. The summed E-state index contributed by atoms with van der Waals surface area (Å²) in [6.45, 7) is 16.2. The normalized spacial score (nSPS) is 11.8. The van der Waals surface area contributed by atoms with Gasteiger partial charge >= 0.3 is 0 Å². The molecule has 1 rings (SSSR count). The molecule has 0 saturated heterocycles. The Hall–Kier alpha value is -0.800. The molecule has 0 saturated carbocycles. The molecule has 0 radical (unpaired) electrons. The second kappa shape index (κ2) is 9.19. The molecule has 0 aromatic carbocycles. The van der Waals surface area contributed by atoms with Gasteiger partial charge in [-0.3, -0.25) is 4.90 Å². The number of nitrogens with one attached hydrogen (secondary N) is 1. The fraction of sp³-hybridized carbons (Fsp3) is 0.765. The van der Waals surface area contributed by atoms with Crippen LogP contribution in [0.25, 0.3) is 0 Å². The van der Waals surface area contributed by atoms with E-state index >= 15 is 0 Å². The average molecular weight is 280 g/mol. The van der Waals surface area contributed by atoms with Gasteiger partial charge in [0, 0.05) is 12.1 Å². The van der Waals surface area contributed by atoms with Gasteiger partial charge in [0.25, 0.3) is 0 Å². The average Bonchev–Trinajstić information content (AvgIpc) is 2.70. The highest BCUT2D eigenvalue weighted by atomic mass is 16.3. The maximum Gasteiger partial charge on any atom is 0.118 e. The molecule has 0 atom stereocenters. The molecule has 20 heavy (non-hydrogen) atoms. The second-order valence-corrected chi connectivity index (χ2v) is 6.10. The zero-order valence-corrected chi connectivity index (χ0v) is 14.0. The SMILES string of the molecule is CCCN(CCC)Cc1cc(CNCC(C)C)c(C)o1. The summed E-state index contributed by atoms with van der Waals surface area (Å²) in [5, 5.41) is 3.49. The van der Waals surface area contributed by atoms with Crippen molar-refractivity contribution in [1.82, 2.24) is 10.2 Å². The minimum Gasteiger partial charge on any atom is -0.465 e. The number of hydrogen-bond acceptors (Lipinski definition) is 3. The third-order valence-electron chi connectivity index (χ3n) is 3.40. The summed E-state index contributed by atoms with van der Waals surface area (Å²) in [6, 6.07) is 2.22. The predicted molar refractivity (Wildman–Crippen MR) is 85.8 cm³/mol. The molecule has 1 aromatic rings. The van der Waals surface area contributed by atoms with Crippen molar-refractivity contribution < 1.29 is 4.42 Å². The highest BCUT2D eigenvalue weighted by molar-refractivity contribution is 5.20. The minimum absolute atomic E-state index is 0.686. The van der Waals surface area contributed by atoms with Crippen molar-refractivity contribution in [2.45, 2.75) is 60.5 Å². The first-order valence-electron chi connectivity index (χ1n) is 8.08. The molecular formula is C17H32N2O. The standard InChI is InChI=1S/C17H32N2O/c1-6-8-19(9-7-2)13-17-10-16(15(5)20-17)12-18-11-14(3)4/h10,14,18H,6-9,11-13H2,1-5H3. The summed E-state index contributed by atoms with van der Waals surface area (Å²) in [4.78, 5) is 2.48. The predicted octanol–water partition coefficient (Wildman–Crippen LogP) is 3.96. The molecule has 1 heterocycles. The maximum absolute atomic E-state index is 5.91. The largest absolute Gasteiger partial charge is 0.465 e.